The zero-order valence-corrected chi connectivity index (χ0v) is 9.69. The van der Waals surface area contributed by atoms with E-state index >= 15 is 0 Å². The number of ether oxygens (including phenoxy) is 1. The molecule has 1 aromatic rings. The summed E-state index contributed by atoms with van der Waals surface area (Å²) in [7, 11) is 1.43. The largest absolute Gasteiger partial charge is 0.495 e. The molecule has 18 heavy (non-hydrogen) atoms. The van der Waals surface area contributed by atoms with Gasteiger partial charge >= 0.3 is 0 Å². The van der Waals surface area contributed by atoms with Crippen LogP contribution in [0.1, 0.15) is 17.2 Å². The molecular weight excluding hydrogens is 236 g/mol. The molecule has 1 rings (SSSR count). The van der Waals surface area contributed by atoms with Crippen molar-refractivity contribution >= 4 is 0 Å². The van der Waals surface area contributed by atoms with E-state index in [0.29, 0.717) is 11.3 Å². The van der Waals surface area contributed by atoms with Crippen LogP contribution < -0.4 is 4.74 Å². The molecule has 7 nitrogen and oxygen atoms in total. The third-order valence-electron chi connectivity index (χ3n) is 2.38. The van der Waals surface area contributed by atoms with Crippen LogP contribution in [0.15, 0.2) is 23.3 Å². The highest BCUT2D eigenvalue weighted by molar-refractivity contribution is 5.46. The summed E-state index contributed by atoms with van der Waals surface area (Å²) >= 11 is 0. The van der Waals surface area contributed by atoms with E-state index < -0.39 is 12.2 Å². The molecule has 2 atom stereocenters. The Kier molecular flexibility index (Phi) is 4.96. The summed E-state index contributed by atoms with van der Waals surface area (Å²) < 4.78 is 4.96. The van der Waals surface area contributed by atoms with E-state index in [1.165, 1.54) is 25.3 Å². The third kappa shape index (κ3) is 3.12. The van der Waals surface area contributed by atoms with Crippen molar-refractivity contribution in [1.29, 1.82) is 5.26 Å². The molecule has 7 heteroatoms. The highest BCUT2D eigenvalue weighted by Gasteiger charge is 2.18. The van der Waals surface area contributed by atoms with Crippen molar-refractivity contribution in [3.8, 4) is 11.8 Å². The summed E-state index contributed by atoms with van der Waals surface area (Å²) in [4.78, 5) is 2.49. The quantitative estimate of drug-likeness (QED) is 0.462. The lowest BCUT2D eigenvalue weighted by Gasteiger charge is -2.17. The van der Waals surface area contributed by atoms with Gasteiger partial charge in [0.15, 0.2) is 0 Å². The molecule has 0 bridgehead atoms. The Bertz CT molecular complexity index is 506. The average Bonchev–Trinajstić information content (AvgIpc) is 2.42. The summed E-state index contributed by atoms with van der Waals surface area (Å²) in [6.07, 6.45) is -2.45. The number of rotatable bonds is 5. The Balaban J connectivity index is 2.96. The lowest BCUT2D eigenvalue weighted by molar-refractivity contribution is 0.0244. The Morgan fingerprint density at radius 1 is 1.56 bits per heavy atom. The molecule has 0 fully saturated rings. The van der Waals surface area contributed by atoms with Crippen LogP contribution in [-0.2, 0) is 0 Å². The zero-order valence-electron chi connectivity index (χ0n) is 9.69. The molecule has 0 aromatic heterocycles. The minimum absolute atomic E-state index is 0.244. The monoisotopic (exact) mass is 248 g/mol. The van der Waals surface area contributed by atoms with Crippen LogP contribution in [0.4, 0.5) is 0 Å². The van der Waals surface area contributed by atoms with Gasteiger partial charge in [0.25, 0.3) is 0 Å². The van der Waals surface area contributed by atoms with E-state index in [0.717, 1.165) is 0 Å². The number of aliphatic hydroxyl groups is 2. The second-order valence-electron chi connectivity index (χ2n) is 3.50. The van der Waals surface area contributed by atoms with Crippen LogP contribution in [0.5, 0.6) is 5.75 Å². The van der Waals surface area contributed by atoms with Crippen LogP contribution >= 0.6 is 0 Å². The van der Waals surface area contributed by atoms with Crippen molar-refractivity contribution < 1.29 is 14.9 Å². The Hall–Kier alpha value is -2.26. The van der Waals surface area contributed by atoms with Crippen molar-refractivity contribution in [1.82, 2.24) is 0 Å². The van der Waals surface area contributed by atoms with Crippen LogP contribution in [0.3, 0.4) is 0 Å². The topological polar surface area (TPSA) is 122 Å². The van der Waals surface area contributed by atoms with Crippen LogP contribution in [0.25, 0.3) is 10.4 Å². The summed E-state index contributed by atoms with van der Waals surface area (Å²) in [5.41, 5.74) is 8.73. The third-order valence-corrected chi connectivity index (χ3v) is 2.38. The standard InChI is InChI=1S/C11H12N4O3/c1-18-10-3-2-7(4-8(10)5-12)11(17)9(16)6-14-15-13/h2-4,9,11,16-17H,6H2,1H3. The van der Waals surface area contributed by atoms with Gasteiger partial charge in [-0.2, -0.15) is 5.26 Å². The van der Waals surface area contributed by atoms with E-state index in [1.54, 1.807) is 0 Å². The summed E-state index contributed by atoms with van der Waals surface area (Å²) in [5, 5.41) is 31.4. The second kappa shape index (κ2) is 6.47. The van der Waals surface area contributed by atoms with Crippen LogP contribution in [0, 0.1) is 11.3 Å². The Morgan fingerprint density at radius 3 is 2.83 bits per heavy atom. The number of aliphatic hydroxyl groups excluding tert-OH is 2. The fourth-order valence-corrected chi connectivity index (χ4v) is 1.44. The Morgan fingerprint density at radius 2 is 2.28 bits per heavy atom. The number of benzene rings is 1. The molecule has 2 unspecified atom stereocenters. The molecule has 0 radical (unpaired) electrons. The molecule has 0 saturated heterocycles. The number of methoxy groups -OCH3 is 1. The number of hydrogen-bond donors (Lipinski definition) is 2. The molecule has 0 spiro atoms. The fraction of sp³-hybridized carbons (Fsp3) is 0.364. The van der Waals surface area contributed by atoms with Gasteiger partial charge in [-0.1, -0.05) is 11.2 Å². The summed E-state index contributed by atoms with van der Waals surface area (Å²) in [6.45, 7) is -0.244. The first kappa shape index (κ1) is 13.8. The van der Waals surface area contributed by atoms with Gasteiger partial charge in [0.1, 0.15) is 17.9 Å². The summed E-state index contributed by atoms with van der Waals surface area (Å²) in [5.74, 6) is 0.387. The van der Waals surface area contributed by atoms with Gasteiger partial charge in [0, 0.05) is 4.91 Å². The maximum Gasteiger partial charge on any atom is 0.136 e. The highest BCUT2D eigenvalue weighted by Crippen LogP contribution is 2.24. The first-order valence-corrected chi connectivity index (χ1v) is 5.09. The van der Waals surface area contributed by atoms with Crippen molar-refractivity contribution in [3.63, 3.8) is 0 Å². The van der Waals surface area contributed by atoms with Crippen LogP contribution in [0.2, 0.25) is 0 Å². The lowest BCUT2D eigenvalue weighted by Crippen LogP contribution is -2.21. The lowest BCUT2D eigenvalue weighted by atomic mass is 10.0. The van der Waals surface area contributed by atoms with Gasteiger partial charge in [-0.15, -0.1) is 0 Å². The van der Waals surface area contributed by atoms with Crippen LogP contribution in [-0.4, -0.2) is 30.0 Å². The van der Waals surface area contributed by atoms with Gasteiger partial charge in [-0.3, -0.25) is 0 Å². The Labute approximate surface area is 103 Å². The zero-order chi connectivity index (χ0) is 13.5. The maximum atomic E-state index is 9.82. The first-order chi connectivity index (χ1) is 8.63. The van der Waals surface area contributed by atoms with E-state index in [2.05, 4.69) is 10.0 Å². The number of nitrogens with zero attached hydrogens (tertiary/aromatic N) is 4. The van der Waals surface area contributed by atoms with Gasteiger partial charge in [0.05, 0.1) is 25.3 Å². The predicted molar refractivity (Wildman–Crippen MR) is 62.7 cm³/mol. The molecule has 0 amide bonds. The van der Waals surface area contributed by atoms with E-state index in [-0.39, 0.29) is 12.1 Å². The van der Waals surface area contributed by atoms with Gasteiger partial charge in [-0.05, 0) is 23.2 Å². The van der Waals surface area contributed by atoms with E-state index in [1.807, 2.05) is 6.07 Å². The van der Waals surface area contributed by atoms with Crippen molar-refractivity contribution in [2.75, 3.05) is 13.7 Å². The number of azide groups is 1. The fourth-order valence-electron chi connectivity index (χ4n) is 1.44. The molecule has 0 saturated carbocycles. The molecule has 2 N–H and O–H groups in total. The number of hydrogen-bond acceptors (Lipinski definition) is 5. The molecule has 94 valence electrons. The molecule has 0 aliphatic heterocycles. The minimum Gasteiger partial charge on any atom is -0.495 e. The number of nitriles is 1. The minimum atomic E-state index is -1.23. The van der Waals surface area contributed by atoms with Crippen molar-refractivity contribution in [3.05, 3.63) is 39.8 Å². The SMILES string of the molecule is COc1ccc(C(O)C(O)CN=[N+]=[N-])cc1C#N. The highest BCUT2D eigenvalue weighted by atomic mass is 16.5. The first-order valence-electron chi connectivity index (χ1n) is 5.09. The van der Waals surface area contributed by atoms with Crippen molar-refractivity contribution in [2.24, 2.45) is 5.11 Å². The molecule has 1 aromatic carbocycles. The molecule has 0 aliphatic carbocycles. The van der Waals surface area contributed by atoms with E-state index in [4.69, 9.17) is 15.5 Å². The molecule has 0 aliphatic rings. The molecule has 0 heterocycles. The van der Waals surface area contributed by atoms with Gasteiger partial charge in [0.2, 0.25) is 0 Å². The van der Waals surface area contributed by atoms with Gasteiger partial charge < -0.3 is 14.9 Å². The maximum absolute atomic E-state index is 9.82. The van der Waals surface area contributed by atoms with Crippen molar-refractivity contribution in [2.45, 2.75) is 12.2 Å². The second-order valence-corrected chi connectivity index (χ2v) is 3.50. The molecular formula is C11H12N4O3. The predicted octanol–water partition coefficient (Wildman–Crippen LogP) is 1.27. The van der Waals surface area contributed by atoms with Gasteiger partial charge in [-0.25, -0.2) is 0 Å². The van der Waals surface area contributed by atoms with E-state index in [9.17, 15) is 10.2 Å². The summed E-state index contributed by atoms with van der Waals surface area (Å²) in [6, 6.07) is 6.40. The average molecular weight is 248 g/mol. The smallest absolute Gasteiger partial charge is 0.136 e. The normalized spacial score (nSPS) is 13.0.